The van der Waals surface area contributed by atoms with E-state index < -0.39 is 6.03 Å². The molecule has 0 spiro atoms. The number of halogens is 1. The predicted molar refractivity (Wildman–Crippen MR) is 42.9 cm³/mol. The summed E-state index contributed by atoms with van der Waals surface area (Å²) < 4.78 is 0.506. The first kappa shape index (κ1) is 7.93. The molecule has 0 aromatic carbocycles. The molecule has 58 valence electrons. The van der Waals surface area contributed by atoms with Crippen molar-refractivity contribution in [2.75, 3.05) is 5.32 Å². The molecule has 0 fully saturated rings. The summed E-state index contributed by atoms with van der Waals surface area (Å²) in [6.07, 6.45) is 2.80. The Bertz CT molecular complexity index is 277. The minimum Gasteiger partial charge on any atom is -0.351 e. The Morgan fingerprint density at radius 3 is 3.00 bits per heavy atom. The van der Waals surface area contributed by atoms with Gasteiger partial charge in [0, 0.05) is 0 Å². The highest BCUT2D eigenvalue weighted by Gasteiger charge is 2.00. The van der Waals surface area contributed by atoms with E-state index >= 15 is 0 Å². The molecular weight excluding hydrogens is 212 g/mol. The van der Waals surface area contributed by atoms with E-state index in [0.29, 0.717) is 10.3 Å². The largest absolute Gasteiger partial charge is 0.351 e. The summed E-state index contributed by atoms with van der Waals surface area (Å²) in [6.45, 7) is 0. The number of carbonyl (C=O) groups is 1. The second-order valence-electron chi connectivity index (χ2n) is 1.72. The van der Waals surface area contributed by atoms with Crippen molar-refractivity contribution >= 4 is 27.6 Å². The second-order valence-corrected chi connectivity index (χ2v) is 2.47. The number of primary amides is 1. The van der Waals surface area contributed by atoms with Crippen molar-refractivity contribution in [3.05, 3.63) is 17.1 Å². The fraction of sp³-hybridized carbons (Fsp3) is 0. The highest BCUT2D eigenvalue weighted by atomic mass is 79.9. The van der Waals surface area contributed by atoms with Crippen molar-refractivity contribution in [2.24, 2.45) is 5.73 Å². The SMILES string of the molecule is NC(=O)Nc1cncnc1Br. The molecule has 0 aliphatic heterocycles. The fourth-order valence-corrected chi connectivity index (χ4v) is 0.824. The lowest BCUT2D eigenvalue weighted by atomic mass is 10.5. The van der Waals surface area contributed by atoms with Crippen LogP contribution in [0.2, 0.25) is 0 Å². The molecule has 0 bridgehead atoms. The lowest BCUT2D eigenvalue weighted by molar-refractivity contribution is 0.259. The lowest BCUT2D eigenvalue weighted by Crippen LogP contribution is -2.19. The molecule has 0 radical (unpaired) electrons. The van der Waals surface area contributed by atoms with E-state index in [0.717, 1.165) is 0 Å². The Kier molecular flexibility index (Phi) is 2.37. The number of carbonyl (C=O) groups excluding carboxylic acids is 1. The van der Waals surface area contributed by atoms with E-state index in [1.165, 1.54) is 12.5 Å². The number of urea groups is 1. The molecule has 11 heavy (non-hydrogen) atoms. The van der Waals surface area contributed by atoms with Crippen molar-refractivity contribution in [3.63, 3.8) is 0 Å². The first-order valence-electron chi connectivity index (χ1n) is 2.72. The fourth-order valence-electron chi connectivity index (χ4n) is 0.531. The highest BCUT2D eigenvalue weighted by molar-refractivity contribution is 9.10. The number of aromatic nitrogens is 2. The molecule has 5 nitrogen and oxygen atoms in total. The van der Waals surface area contributed by atoms with Gasteiger partial charge in [-0.3, -0.25) is 0 Å². The second kappa shape index (κ2) is 3.29. The molecule has 0 saturated heterocycles. The van der Waals surface area contributed by atoms with Crippen molar-refractivity contribution in [2.45, 2.75) is 0 Å². The van der Waals surface area contributed by atoms with Crippen LogP contribution in [0.3, 0.4) is 0 Å². The Morgan fingerprint density at radius 1 is 1.73 bits per heavy atom. The van der Waals surface area contributed by atoms with Crippen molar-refractivity contribution in [3.8, 4) is 0 Å². The zero-order chi connectivity index (χ0) is 8.27. The standard InChI is InChI=1S/C5H5BrN4O/c6-4-3(10-5(7)11)1-8-2-9-4/h1-2H,(H3,7,10,11). The lowest BCUT2D eigenvalue weighted by Gasteiger charge is -2.00. The Hall–Kier alpha value is -1.17. The molecule has 2 amide bonds. The Morgan fingerprint density at radius 2 is 2.45 bits per heavy atom. The van der Waals surface area contributed by atoms with Gasteiger partial charge < -0.3 is 11.1 Å². The molecule has 0 atom stereocenters. The highest BCUT2D eigenvalue weighted by Crippen LogP contribution is 2.15. The van der Waals surface area contributed by atoms with Crippen LogP contribution in [0.15, 0.2) is 17.1 Å². The maximum absolute atomic E-state index is 10.4. The van der Waals surface area contributed by atoms with Gasteiger partial charge in [-0.15, -0.1) is 0 Å². The number of nitrogens with one attached hydrogen (secondary N) is 1. The third-order valence-electron chi connectivity index (χ3n) is 0.922. The van der Waals surface area contributed by atoms with Crippen LogP contribution in [0.4, 0.5) is 10.5 Å². The van der Waals surface area contributed by atoms with Gasteiger partial charge in [0.05, 0.1) is 11.9 Å². The molecule has 6 heteroatoms. The van der Waals surface area contributed by atoms with Crippen LogP contribution in [0.25, 0.3) is 0 Å². The van der Waals surface area contributed by atoms with E-state index in [1.54, 1.807) is 0 Å². The molecule has 0 aliphatic rings. The topological polar surface area (TPSA) is 80.9 Å². The summed E-state index contributed by atoms with van der Waals surface area (Å²) in [6, 6.07) is -0.638. The molecule has 1 heterocycles. The number of anilines is 1. The third kappa shape index (κ3) is 2.15. The van der Waals surface area contributed by atoms with Crippen LogP contribution in [-0.4, -0.2) is 16.0 Å². The van der Waals surface area contributed by atoms with Crippen molar-refractivity contribution in [1.29, 1.82) is 0 Å². The summed E-state index contributed by atoms with van der Waals surface area (Å²) in [7, 11) is 0. The maximum atomic E-state index is 10.4. The molecule has 1 rings (SSSR count). The molecule has 0 saturated carbocycles. The van der Waals surface area contributed by atoms with Crippen LogP contribution >= 0.6 is 15.9 Å². The van der Waals surface area contributed by atoms with Gasteiger partial charge in [0.2, 0.25) is 0 Å². The van der Waals surface area contributed by atoms with Gasteiger partial charge in [-0.25, -0.2) is 14.8 Å². The van der Waals surface area contributed by atoms with Crippen LogP contribution in [0.5, 0.6) is 0 Å². The van der Waals surface area contributed by atoms with E-state index in [2.05, 4.69) is 31.2 Å². The number of amides is 2. The van der Waals surface area contributed by atoms with E-state index in [9.17, 15) is 4.79 Å². The average Bonchev–Trinajstić information content (AvgIpc) is 1.93. The third-order valence-corrected chi connectivity index (χ3v) is 1.55. The summed E-state index contributed by atoms with van der Waals surface area (Å²) in [5.41, 5.74) is 5.33. The van der Waals surface area contributed by atoms with Gasteiger partial charge in [0.15, 0.2) is 0 Å². The number of hydrogen-bond donors (Lipinski definition) is 2. The number of nitrogens with two attached hydrogens (primary N) is 1. The smallest absolute Gasteiger partial charge is 0.316 e. The molecule has 0 aliphatic carbocycles. The average molecular weight is 217 g/mol. The van der Waals surface area contributed by atoms with Gasteiger partial charge in [-0.05, 0) is 15.9 Å². The minimum absolute atomic E-state index is 0.458. The summed E-state index contributed by atoms with van der Waals surface area (Å²) in [5, 5.41) is 2.34. The number of rotatable bonds is 1. The van der Waals surface area contributed by atoms with Gasteiger partial charge in [0.1, 0.15) is 10.9 Å². The number of nitrogens with zero attached hydrogens (tertiary/aromatic N) is 2. The number of hydrogen-bond acceptors (Lipinski definition) is 3. The Balaban J connectivity index is 2.86. The normalized spacial score (nSPS) is 9.18. The van der Waals surface area contributed by atoms with Gasteiger partial charge in [-0.2, -0.15) is 0 Å². The molecular formula is C5H5BrN4O. The molecule has 1 aromatic heterocycles. The zero-order valence-corrected chi connectivity index (χ0v) is 7.00. The van der Waals surface area contributed by atoms with E-state index in [-0.39, 0.29) is 0 Å². The van der Waals surface area contributed by atoms with Crippen molar-refractivity contribution in [1.82, 2.24) is 9.97 Å². The van der Waals surface area contributed by atoms with Crippen LogP contribution in [0, 0.1) is 0 Å². The maximum Gasteiger partial charge on any atom is 0.316 e. The first-order valence-corrected chi connectivity index (χ1v) is 3.51. The van der Waals surface area contributed by atoms with E-state index in [4.69, 9.17) is 5.73 Å². The summed E-state index contributed by atoms with van der Waals surface area (Å²) in [4.78, 5) is 17.8. The van der Waals surface area contributed by atoms with Crippen LogP contribution in [-0.2, 0) is 0 Å². The van der Waals surface area contributed by atoms with Crippen molar-refractivity contribution < 1.29 is 4.79 Å². The van der Waals surface area contributed by atoms with Crippen LogP contribution < -0.4 is 11.1 Å². The monoisotopic (exact) mass is 216 g/mol. The summed E-state index contributed by atoms with van der Waals surface area (Å²) >= 11 is 3.10. The van der Waals surface area contributed by atoms with Crippen LogP contribution in [0.1, 0.15) is 0 Å². The first-order chi connectivity index (χ1) is 5.20. The zero-order valence-electron chi connectivity index (χ0n) is 5.41. The predicted octanol–water partition coefficient (Wildman–Crippen LogP) is 0.730. The van der Waals surface area contributed by atoms with E-state index in [1.807, 2.05) is 0 Å². The summed E-state index contributed by atoms with van der Waals surface area (Å²) in [5.74, 6) is 0. The van der Waals surface area contributed by atoms with Gasteiger partial charge >= 0.3 is 6.03 Å². The molecule has 0 unspecified atom stereocenters. The molecule has 1 aromatic rings. The van der Waals surface area contributed by atoms with Gasteiger partial charge in [-0.1, -0.05) is 0 Å². The quantitative estimate of drug-likeness (QED) is 0.680. The molecule has 3 N–H and O–H groups in total. The Labute approximate surface area is 71.2 Å². The minimum atomic E-state index is -0.638. The van der Waals surface area contributed by atoms with Gasteiger partial charge in [0.25, 0.3) is 0 Å².